The fourth-order valence-corrected chi connectivity index (χ4v) is 5.19. The number of likely N-dealkylation sites (N-methyl/N-ethyl adjacent to an activating group) is 1. The highest BCUT2D eigenvalue weighted by Crippen LogP contribution is 2.33. The number of likely N-dealkylation sites (tertiary alicyclic amines) is 1. The molecule has 1 aromatic carbocycles. The number of carbonyl (C=O) groups excluding carboxylic acids is 2. The number of fused-ring (bicyclic) bond motifs is 1. The molecule has 1 aliphatic carbocycles. The van der Waals surface area contributed by atoms with E-state index in [4.69, 9.17) is 5.11 Å². The van der Waals surface area contributed by atoms with Gasteiger partial charge in [0, 0.05) is 26.9 Å². The van der Waals surface area contributed by atoms with Crippen molar-refractivity contribution in [3.05, 3.63) is 34.2 Å². The summed E-state index contributed by atoms with van der Waals surface area (Å²) in [5, 5.41) is 8.99. The predicted molar refractivity (Wildman–Crippen MR) is 115 cm³/mol. The van der Waals surface area contributed by atoms with Crippen LogP contribution >= 0.6 is 0 Å². The second kappa shape index (κ2) is 8.32. The number of rotatable bonds is 5. The second-order valence-corrected chi connectivity index (χ2v) is 9.07. The van der Waals surface area contributed by atoms with Crippen LogP contribution in [0.4, 0.5) is 0 Å². The van der Waals surface area contributed by atoms with Crippen LogP contribution in [0.25, 0.3) is 11.0 Å². The van der Waals surface area contributed by atoms with Crippen LogP contribution in [0.15, 0.2) is 23.0 Å². The SMILES string of the molecule is CN1C(=O)CCC(n2c(=O)n(C)c3cc(CC4CCC(CC(=O)O)CC4)ccc32)C1=O. The van der Waals surface area contributed by atoms with Crippen molar-refractivity contribution in [1.29, 1.82) is 0 Å². The lowest BCUT2D eigenvalue weighted by Crippen LogP contribution is -2.45. The van der Waals surface area contributed by atoms with E-state index < -0.39 is 12.0 Å². The third-order valence-electron chi connectivity index (χ3n) is 7.04. The Hall–Kier alpha value is -2.90. The average molecular weight is 428 g/mol. The molecule has 8 nitrogen and oxygen atoms in total. The van der Waals surface area contributed by atoms with Crippen molar-refractivity contribution in [3.8, 4) is 0 Å². The van der Waals surface area contributed by atoms with Crippen LogP contribution in [0.1, 0.15) is 56.6 Å². The van der Waals surface area contributed by atoms with Gasteiger partial charge in [-0.05, 0) is 68.1 Å². The van der Waals surface area contributed by atoms with Crippen molar-refractivity contribution in [1.82, 2.24) is 14.0 Å². The highest BCUT2D eigenvalue weighted by Gasteiger charge is 2.35. The van der Waals surface area contributed by atoms with Gasteiger partial charge in [-0.25, -0.2) is 4.79 Å². The van der Waals surface area contributed by atoms with Crippen molar-refractivity contribution in [3.63, 3.8) is 0 Å². The molecule has 0 radical (unpaired) electrons. The third kappa shape index (κ3) is 4.03. The lowest BCUT2D eigenvalue weighted by atomic mass is 9.78. The van der Waals surface area contributed by atoms with Gasteiger partial charge in [0.2, 0.25) is 5.91 Å². The lowest BCUT2D eigenvalue weighted by Gasteiger charge is -2.28. The van der Waals surface area contributed by atoms with Crippen LogP contribution in [-0.4, -0.2) is 44.0 Å². The smallest absolute Gasteiger partial charge is 0.329 e. The van der Waals surface area contributed by atoms with Crippen LogP contribution in [-0.2, 0) is 27.9 Å². The van der Waals surface area contributed by atoms with Gasteiger partial charge in [0.15, 0.2) is 0 Å². The number of carbonyl (C=O) groups is 3. The van der Waals surface area contributed by atoms with Gasteiger partial charge in [-0.3, -0.25) is 28.4 Å². The van der Waals surface area contributed by atoms with Gasteiger partial charge >= 0.3 is 11.7 Å². The number of aliphatic carboxylic acids is 1. The van der Waals surface area contributed by atoms with Crippen LogP contribution in [0.5, 0.6) is 0 Å². The van der Waals surface area contributed by atoms with E-state index in [0.717, 1.165) is 48.1 Å². The first-order valence-electron chi connectivity index (χ1n) is 11.0. The number of piperidine rings is 1. The molecule has 2 heterocycles. The molecule has 0 spiro atoms. The summed E-state index contributed by atoms with van der Waals surface area (Å²) < 4.78 is 3.10. The molecule has 2 amide bonds. The molecule has 166 valence electrons. The normalized spacial score (nSPS) is 24.7. The van der Waals surface area contributed by atoms with Gasteiger partial charge in [-0.2, -0.15) is 0 Å². The number of imide groups is 1. The number of hydrogen-bond donors (Lipinski definition) is 1. The summed E-state index contributed by atoms with van der Waals surface area (Å²) in [7, 11) is 3.18. The number of carboxylic acid groups (broad SMARTS) is 1. The molecule has 2 fully saturated rings. The zero-order valence-electron chi connectivity index (χ0n) is 18.0. The maximum absolute atomic E-state index is 13.0. The molecular weight excluding hydrogens is 398 g/mol. The zero-order valence-corrected chi connectivity index (χ0v) is 18.0. The van der Waals surface area contributed by atoms with E-state index in [9.17, 15) is 19.2 Å². The number of carboxylic acids is 1. The molecule has 1 unspecified atom stereocenters. The number of imidazole rings is 1. The molecule has 0 bridgehead atoms. The summed E-state index contributed by atoms with van der Waals surface area (Å²) in [6, 6.07) is 5.29. The Labute approximate surface area is 180 Å². The van der Waals surface area contributed by atoms with Gasteiger partial charge in [-0.15, -0.1) is 0 Å². The standard InChI is InChI=1S/C23H29N3O5/c1-24-19-12-16(11-14-3-5-15(6-4-14)13-21(28)29)7-8-17(19)26(23(24)31)18-9-10-20(27)25(2)22(18)30/h7-8,12,14-15,18H,3-6,9-11,13H2,1-2H3,(H,28,29). The number of aryl methyl sites for hydroxylation is 1. The summed E-state index contributed by atoms with van der Waals surface area (Å²) in [5.41, 5.74) is 2.39. The van der Waals surface area contributed by atoms with Crippen molar-refractivity contribution in [2.75, 3.05) is 7.05 Å². The molecule has 8 heteroatoms. The van der Waals surface area contributed by atoms with Crippen molar-refractivity contribution < 1.29 is 19.5 Å². The minimum Gasteiger partial charge on any atom is -0.481 e. The number of amides is 2. The summed E-state index contributed by atoms with van der Waals surface area (Å²) in [4.78, 5) is 49.5. The van der Waals surface area contributed by atoms with Crippen LogP contribution in [0.2, 0.25) is 0 Å². The number of aromatic nitrogens is 2. The van der Waals surface area contributed by atoms with Gasteiger partial charge < -0.3 is 5.11 Å². The van der Waals surface area contributed by atoms with E-state index in [1.165, 1.54) is 11.6 Å². The fourth-order valence-electron chi connectivity index (χ4n) is 5.19. The van der Waals surface area contributed by atoms with Gasteiger partial charge in [0.25, 0.3) is 5.91 Å². The van der Waals surface area contributed by atoms with Crippen LogP contribution in [0, 0.1) is 11.8 Å². The number of hydrogen-bond acceptors (Lipinski definition) is 4. The van der Waals surface area contributed by atoms with E-state index in [-0.39, 0.29) is 36.3 Å². The summed E-state index contributed by atoms with van der Waals surface area (Å²) in [5.74, 6) is -0.473. The Morgan fingerprint density at radius 3 is 2.35 bits per heavy atom. The van der Waals surface area contributed by atoms with E-state index >= 15 is 0 Å². The van der Waals surface area contributed by atoms with E-state index in [1.54, 1.807) is 11.6 Å². The average Bonchev–Trinajstić information content (AvgIpc) is 2.98. The first-order valence-corrected chi connectivity index (χ1v) is 11.0. The molecule has 1 N–H and O–H groups in total. The Kier molecular flexibility index (Phi) is 5.73. The first kappa shape index (κ1) is 21.3. The Balaban J connectivity index is 1.55. The Morgan fingerprint density at radius 1 is 1.00 bits per heavy atom. The zero-order chi connectivity index (χ0) is 22.3. The van der Waals surface area contributed by atoms with E-state index in [2.05, 4.69) is 0 Å². The summed E-state index contributed by atoms with van der Waals surface area (Å²) in [6.45, 7) is 0. The van der Waals surface area contributed by atoms with Crippen molar-refractivity contribution in [2.45, 2.75) is 57.4 Å². The minimum absolute atomic E-state index is 0.213. The largest absolute Gasteiger partial charge is 0.481 e. The monoisotopic (exact) mass is 427 g/mol. The Bertz CT molecular complexity index is 1090. The molecular formula is C23H29N3O5. The summed E-state index contributed by atoms with van der Waals surface area (Å²) >= 11 is 0. The summed E-state index contributed by atoms with van der Waals surface area (Å²) in [6.07, 6.45) is 5.68. The van der Waals surface area contributed by atoms with Crippen LogP contribution in [0.3, 0.4) is 0 Å². The molecule has 31 heavy (non-hydrogen) atoms. The number of nitrogens with zero attached hydrogens (tertiary/aromatic N) is 3. The van der Waals surface area contributed by atoms with E-state index in [1.807, 2.05) is 18.2 Å². The van der Waals surface area contributed by atoms with Gasteiger partial charge in [0.1, 0.15) is 6.04 Å². The lowest BCUT2D eigenvalue weighted by molar-refractivity contribution is -0.149. The topological polar surface area (TPSA) is 102 Å². The molecule has 1 atom stereocenters. The van der Waals surface area contributed by atoms with Gasteiger partial charge in [-0.1, -0.05) is 6.07 Å². The fraction of sp³-hybridized carbons (Fsp3) is 0.565. The van der Waals surface area contributed by atoms with Crippen molar-refractivity contribution in [2.24, 2.45) is 18.9 Å². The minimum atomic E-state index is -0.716. The molecule has 4 rings (SSSR count). The third-order valence-corrected chi connectivity index (χ3v) is 7.04. The van der Waals surface area contributed by atoms with Crippen molar-refractivity contribution >= 4 is 28.8 Å². The molecule has 2 aromatic rings. The van der Waals surface area contributed by atoms with Crippen LogP contribution < -0.4 is 5.69 Å². The molecule has 1 saturated carbocycles. The first-order chi connectivity index (χ1) is 14.8. The highest BCUT2D eigenvalue weighted by molar-refractivity contribution is 5.99. The Morgan fingerprint density at radius 2 is 1.68 bits per heavy atom. The highest BCUT2D eigenvalue weighted by atomic mass is 16.4. The second-order valence-electron chi connectivity index (χ2n) is 9.07. The van der Waals surface area contributed by atoms with E-state index in [0.29, 0.717) is 17.9 Å². The molecule has 2 aliphatic rings. The maximum Gasteiger partial charge on any atom is 0.329 e. The predicted octanol–water partition coefficient (Wildman–Crippen LogP) is 2.48. The quantitative estimate of drug-likeness (QED) is 0.739. The maximum atomic E-state index is 13.0. The molecule has 1 aliphatic heterocycles. The van der Waals surface area contributed by atoms with Gasteiger partial charge in [0.05, 0.1) is 11.0 Å². The molecule has 1 aromatic heterocycles. The number of benzene rings is 1. The molecule has 1 saturated heterocycles.